The molecule has 0 amide bonds. The highest BCUT2D eigenvalue weighted by Crippen LogP contribution is 2.22. The lowest BCUT2D eigenvalue weighted by Gasteiger charge is -2.12. The minimum atomic E-state index is -0.477. The Morgan fingerprint density at radius 1 is 1.50 bits per heavy atom. The zero-order valence-electron chi connectivity index (χ0n) is 8.87. The van der Waals surface area contributed by atoms with Crippen molar-refractivity contribution >= 4 is 0 Å². The number of likely N-dealkylation sites (N-methyl/N-ethyl adjacent to an activating group) is 1. The van der Waals surface area contributed by atoms with Crippen LogP contribution in [-0.2, 0) is 0 Å². The molecule has 1 unspecified atom stereocenters. The molecule has 14 heavy (non-hydrogen) atoms. The molecular weight excluding hydrogens is 178 g/mol. The molecule has 0 aliphatic carbocycles. The summed E-state index contributed by atoms with van der Waals surface area (Å²) in [5.41, 5.74) is 1.95. The van der Waals surface area contributed by atoms with Crippen molar-refractivity contribution in [3.63, 3.8) is 0 Å². The van der Waals surface area contributed by atoms with E-state index in [2.05, 4.69) is 5.32 Å². The molecule has 1 aromatic rings. The van der Waals surface area contributed by atoms with Gasteiger partial charge in [-0.1, -0.05) is 12.1 Å². The molecule has 0 spiro atoms. The summed E-state index contributed by atoms with van der Waals surface area (Å²) in [6.07, 6.45) is -0.477. The molecule has 0 fully saturated rings. The molecule has 1 aromatic carbocycles. The number of nitrogens with one attached hydrogen (secondary N) is 1. The number of hydrogen-bond acceptors (Lipinski definition) is 3. The number of aliphatic hydroxyl groups is 1. The van der Waals surface area contributed by atoms with Gasteiger partial charge in [-0.25, -0.2) is 0 Å². The number of methoxy groups -OCH3 is 1. The maximum Gasteiger partial charge on any atom is 0.122 e. The quantitative estimate of drug-likeness (QED) is 0.760. The fourth-order valence-corrected chi connectivity index (χ4v) is 1.36. The van der Waals surface area contributed by atoms with Gasteiger partial charge in [-0.05, 0) is 31.2 Å². The molecule has 0 aliphatic heterocycles. The van der Waals surface area contributed by atoms with Gasteiger partial charge in [-0.2, -0.15) is 0 Å². The summed E-state index contributed by atoms with van der Waals surface area (Å²) in [5, 5.41) is 12.6. The van der Waals surface area contributed by atoms with Crippen LogP contribution < -0.4 is 10.1 Å². The lowest BCUT2D eigenvalue weighted by atomic mass is 10.1. The van der Waals surface area contributed by atoms with E-state index >= 15 is 0 Å². The van der Waals surface area contributed by atoms with Crippen LogP contribution in [0.2, 0.25) is 0 Å². The monoisotopic (exact) mass is 195 g/mol. The Morgan fingerprint density at radius 2 is 2.21 bits per heavy atom. The van der Waals surface area contributed by atoms with Crippen molar-refractivity contribution in [2.75, 3.05) is 20.7 Å². The number of ether oxygens (including phenoxy) is 1. The van der Waals surface area contributed by atoms with Gasteiger partial charge in [0.15, 0.2) is 0 Å². The number of hydrogen-bond donors (Lipinski definition) is 2. The molecule has 3 heteroatoms. The maximum absolute atomic E-state index is 9.71. The number of aliphatic hydroxyl groups excluding tert-OH is 1. The molecule has 1 atom stereocenters. The van der Waals surface area contributed by atoms with Crippen molar-refractivity contribution in [3.8, 4) is 5.75 Å². The van der Waals surface area contributed by atoms with Crippen molar-refractivity contribution < 1.29 is 9.84 Å². The summed E-state index contributed by atoms with van der Waals surface area (Å²) in [4.78, 5) is 0. The fraction of sp³-hybridized carbons (Fsp3) is 0.455. The summed E-state index contributed by atoms with van der Waals surface area (Å²) >= 11 is 0. The second kappa shape index (κ2) is 4.98. The van der Waals surface area contributed by atoms with Gasteiger partial charge in [0, 0.05) is 6.54 Å². The Labute approximate surface area is 84.7 Å². The standard InChI is InChI=1S/C11H17NO2/c1-8-4-5-9(6-11(8)14-3)10(13)7-12-2/h4-6,10,12-13H,7H2,1-3H3. The van der Waals surface area contributed by atoms with E-state index < -0.39 is 6.10 Å². The van der Waals surface area contributed by atoms with Crippen LogP contribution in [0.15, 0.2) is 18.2 Å². The summed E-state index contributed by atoms with van der Waals surface area (Å²) in [6, 6.07) is 5.74. The first-order valence-corrected chi connectivity index (χ1v) is 4.66. The van der Waals surface area contributed by atoms with Gasteiger partial charge < -0.3 is 15.2 Å². The average molecular weight is 195 g/mol. The molecule has 0 bridgehead atoms. The third kappa shape index (κ3) is 2.47. The van der Waals surface area contributed by atoms with E-state index in [0.717, 1.165) is 16.9 Å². The van der Waals surface area contributed by atoms with Crippen LogP contribution in [0.5, 0.6) is 5.75 Å². The maximum atomic E-state index is 9.71. The van der Waals surface area contributed by atoms with E-state index in [0.29, 0.717) is 6.54 Å². The molecule has 0 saturated carbocycles. The largest absolute Gasteiger partial charge is 0.496 e. The summed E-state index contributed by atoms with van der Waals surface area (Å²) in [7, 11) is 3.45. The van der Waals surface area contributed by atoms with E-state index in [1.165, 1.54) is 0 Å². The lowest BCUT2D eigenvalue weighted by Crippen LogP contribution is -2.16. The zero-order chi connectivity index (χ0) is 10.6. The predicted octanol–water partition coefficient (Wildman–Crippen LogP) is 1.26. The smallest absolute Gasteiger partial charge is 0.122 e. The van der Waals surface area contributed by atoms with Gasteiger partial charge >= 0.3 is 0 Å². The number of benzene rings is 1. The first kappa shape index (κ1) is 11.0. The van der Waals surface area contributed by atoms with E-state index in [9.17, 15) is 5.11 Å². The van der Waals surface area contributed by atoms with Crippen molar-refractivity contribution in [1.29, 1.82) is 0 Å². The first-order chi connectivity index (χ1) is 6.69. The molecule has 0 saturated heterocycles. The summed E-state index contributed by atoms with van der Waals surface area (Å²) in [5.74, 6) is 0.817. The highest BCUT2D eigenvalue weighted by atomic mass is 16.5. The van der Waals surface area contributed by atoms with Crippen LogP contribution in [0.4, 0.5) is 0 Å². The molecule has 78 valence electrons. The van der Waals surface area contributed by atoms with Crippen molar-refractivity contribution in [2.24, 2.45) is 0 Å². The van der Waals surface area contributed by atoms with Gasteiger partial charge in [0.1, 0.15) is 5.75 Å². The normalized spacial score (nSPS) is 12.6. The lowest BCUT2D eigenvalue weighted by molar-refractivity contribution is 0.177. The summed E-state index contributed by atoms with van der Waals surface area (Å²) in [6.45, 7) is 2.53. The van der Waals surface area contributed by atoms with Crippen LogP contribution >= 0.6 is 0 Å². The Bertz CT molecular complexity index is 299. The van der Waals surface area contributed by atoms with Gasteiger partial charge in [0.05, 0.1) is 13.2 Å². The van der Waals surface area contributed by atoms with E-state index in [4.69, 9.17) is 4.74 Å². The summed E-state index contributed by atoms with van der Waals surface area (Å²) < 4.78 is 5.18. The molecular formula is C11H17NO2. The Hall–Kier alpha value is -1.06. The second-order valence-corrected chi connectivity index (χ2v) is 3.30. The molecule has 0 aromatic heterocycles. The Kier molecular flexibility index (Phi) is 3.92. The zero-order valence-corrected chi connectivity index (χ0v) is 8.87. The van der Waals surface area contributed by atoms with Gasteiger partial charge in [-0.15, -0.1) is 0 Å². The topological polar surface area (TPSA) is 41.5 Å². The SMILES string of the molecule is CNCC(O)c1ccc(C)c(OC)c1. The van der Waals surface area contributed by atoms with Crippen LogP contribution in [0.3, 0.4) is 0 Å². The molecule has 0 aliphatic rings. The van der Waals surface area contributed by atoms with E-state index in [1.54, 1.807) is 7.11 Å². The van der Waals surface area contributed by atoms with Crippen LogP contribution in [0, 0.1) is 6.92 Å². The second-order valence-electron chi connectivity index (χ2n) is 3.30. The van der Waals surface area contributed by atoms with E-state index in [1.807, 2.05) is 32.2 Å². The molecule has 0 heterocycles. The number of aryl methyl sites for hydroxylation is 1. The van der Waals surface area contributed by atoms with Crippen molar-refractivity contribution in [2.45, 2.75) is 13.0 Å². The van der Waals surface area contributed by atoms with Gasteiger partial charge in [0.25, 0.3) is 0 Å². The Morgan fingerprint density at radius 3 is 2.79 bits per heavy atom. The van der Waals surface area contributed by atoms with Gasteiger partial charge in [-0.3, -0.25) is 0 Å². The van der Waals surface area contributed by atoms with E-state index in [-0.39, 0.29) is 0 Å². The minimum absolute atomic E-state index is 0.477. The highest BCUT2D eigenvalue weighted by Gasteiger charge is 2.08. The fourth-order valence-electron chi connectivity index (χ4n) is 1.36. The highest BCUT2D eigenvalue weighted by molar-refractivity contribution is 5.37. The number of rotatable bonds is 4. The van der Waals surface area contributed by atoms with Crippen molar-refractivity contribution in [1.82, 2.24) is 5.32 Å². The van der Waals surface area contributed by atoms with Crippen molar-refractivity contribution in [3.05, 3.63) is 29.3 Å². The average Bonchev–Trinajstić information content (AvgIpc) is 2.19. The molecule has 1 rings (SSSR count). The minimum Gasteiger partial charge on any atom is -0.496 e. The first-order valence-electron chi connectivity index (χ1n) is 4.66. The third-order valence-electron chi connectivity index (χ3n) is 2.21. The predicted molar refractivity (Wildman–Crippen MR) is 56.6 cm³/mol. The molecule has 2 N–H and O–H groups in total. The Balaban J connectivity index is 2.88. The third-order valence-corrected chi connectivity index (χ3v) is 2.21. The van der Waals surface area contributed by atoms with Crippen LogP contribution in [0.25, 0.3) is 0 Å². The molecule has 3 nitrogen and oxygen atoms in total. The van der Waals surface area contributed by atoms with Crippen LogP contribution in [0.1, 0.15) is 17.2 Å². The van der Waals surface area contributed by atoms with Gasteiger partial charge in [0.2, 0.25) is 0 Å². The van der Waals surface area contributed by atoms with Crippen LogP contribution in [-0.4, -0.2) is 25.8 Å². The molecule has 0 radical (unpaired) electrons.